The zero-order valence-corrected chi connectivity index (χ0v) is 18.5. The first-order chi connectivity index (χ1) is 15.0. The second-order valence-corrected chi connectivity index (χ2v) is 8.07. The monoisotopic (exact) mass is 428 g/mol. The summed E-state index contributed by atoms with van der Waals surface area (Å²) >= 11 is 0. The summed E-state index contributed by atoms with van der Waals surface area (Å²) in [6, 6.07) is 11.7. The van der Waals surface area contributed by atoms with E-state index in [4.69, 9.17) is 9.15 Å². The summed E-state index contributed by atoms with van der Waals surface area (Å²) in [5.41, 5.74) is 1.16. The van der Waals surface area contributed by atoms with Gasteiger partial charge in [-0.25, -0.2) is 0 Å². The average molecular weight is 429 g/mol. The third-order valence-corrected chi connectivity index (χ3v) is 5.40. The van der Waals surface area contributed by atoms with E-state index < -0.39 is 11.8 Å². The van der Waals surface area contributed by atoms with E-state index in [1.54, 1.807) is 13.4 Å². The molecule has 1 aromatic heterocycles. The lowest BCUT2D eigenvalue weighted by Crippen LogP contribution is -2.51. The predicted molar refractivity (Wildman–Crippen MR) is 119 cm³/mol. The van der Waals surface area contributed by atoms with Crippen LogP contribution in [0, 0.1) is 5.92 Å². The van der Waals surface area contributed by atoms with E-state index in [9.17, 15) is 9.59 Å². The summed E-state index contributed by atoms with van der Waals surface area (Å²) in [6.07, 6.45) is 1.63. The zero-order valence-electron chi connectivity index (χ0n) is 18.5. The van der Waals surface area contributed by atoms with Crippen molar-refractivity contribution in [3.8, 4) is 5.75 Å². The zero-order chi connectivity index (χ0) is 22.2. The number of carbonyl (C=O) groups is 2. The quantitative estimate of drug-likeness (QED) is 0.626. The van der Waals surface area contributed by atoms with Gasteiger partial charge in [0.15, 0.2) is 0 Å². The Hall–Kier alpha value is -3.00. The highest BCUT2D eigenvalue weighted by atomic mass is 16.5. The number of piperazine rings is 1. The fourth-order valence-corrected chi connectivity index (χ4v) is 3.62. The smallest absolute Gasteiger partial charge is 0.309 e. The van der Waals surface area contributed by atoms with Gasteiger partial charge in [0.05, 0.1) is 19.4 Å². The number of nitrogens with one attached hydrogen (secondary N) is 2. The van der Waals surface area contributed by atoms with Crippen LogP contribution in [0.1, 0.15) is 25.6 Å². The Morgan fingerprint density at radius 3 is 2.19 bits per heavy atom. The maximum atomic E-state index is 12.2. The molecule has 0 bridgehead atoms. The second-order valence-electron chi connectivity index (χ2n) is 8.07. The van der Waals surface area contributed by atoms with Crippen molar-refractivity contribution in [1.29, 1.82) is 0 Å². The van der Waals surface area contributed by atoms with Gasteiger partial charge in [-0.2, -0.15) is 0 Å². The number of furan rings is 1. The average Bonchev–Trinajstić information content (AvgIpc) is 3.32. The normalized spacial score (nSPS) is 15.5. The molecule has 1 fully saturated rings. The van der Waals surface area contributed by atoms with Crippen molar-refractivity contribution in [3.63, 3.8) is 0 Å². The van der Waals surface area contributed by atoms with Crippen LogP contribution in [-0.2, 0) is 9.59 Å². The molecule has 8 nitrogen and oxygen atoms in total. The van der Waals surface area contributed by atoms with Crippen molar-refractivity contribution in [2.45, 2.75) is 19.9 Å². The van der Waals surface area contributed by atoms with Crippen LogP contribution >= 0.6 is 0 Å². The minimum Gasteiger partial charge on any atom is -0.497 e. The summed E-state index contributed by atoms with van der Waals surface area (Å²) in [5.74, 6) is 0.689. The Bertz CT molecular complexity index is 828. The molecular weight excluding hydrogens is 396 g/mol. The van der Waals surface area contributed by atoms with E-state index in [2.05, 4.69) is 32.6 Å². The highest BCUT2D eigenvalue weighted by Crippen LogP contribution is 2.25. The second kappa shape index (κ2) is 10.9. The highest BCUT2D eigenvalue weighted by Gasteiger charge is 2.28. The summed E-state index contributed by atoms with van der Waals surface area (Å²) in [7, 11) is 1.66. The predicted octanol–water partition coefficient (Wildman–Crippen LogP) is 2.04. The van der Waals surface area contributed by atoms with Crippen molar-refractivity contribution in [2.75, 3.05) is 51.3 Å². The number of anilines is 1. The van der Waals surface area contributed by atoms with Gasteiger partial charge < -0.3 is 24.7 Å². The first-order valence-corrected chi connectivity index (χ1v) is 10.7. The number of hydrogen-bond acceptors (Lipinski definition) is 6. The van der Waals surface area contributed by atoms with Gasteiger partial charge in [0.2, 0.25) is 0 Å². The molecular formula is C23H32N4O4. The van der Waals surface area contributed by atoms with Crippen LogP contribution in [0.15, 0.2) is 47.1 Å². The van der Waals surface area contributed by atoms with Crippen molar-refractivity contribution >= 4 is 17.5 Å². The van der Waals surface area contributed by atoms with Crippen molar-refractivity contribution in [1.82, 2.24) is 15.5 Å². The Kier molecular flexibility index (Phi) is 7.94. The van der Waals surface area contributed by atoms with E-state index in [0.717, 1.165) is 43.4 Å². The van der Waals surface area contributed by atoms with Crippen LogP contribution in [0.5, 0.6) is 5.75 Å². The van der Waals surface area contributed by atoms with Crippen molar-refractivity contribution in [3.05, 3.63) is 48.4 Å². The lowest BCUT2D eigenvalue weighted by molar-refractivity contribution is -0.139. The Balaban J connectivity index is 1.57. The van der Waals surface area contributed by atoms with Crippen LogP contribution < -0.4 is 20.3 Å². The fourth-order valence-electron chi connectivity index (χ4n) is 3.62. The van der Waals surface area contributed by atoms with Crippen LogP contribution in [0.25, 0.3) is 0 Å². The van der Waals surface area contributed by atoms with E-state index in [1.807, 2.05) is 38.1 Å². The van der Waals surface area contributed by atoms with Crippen LogP contribution in [0.2, 0.25) is 0 Å². The maximum Gasteiger partial charge on any atom is 0.309 e. The molecule has 1 aliphatic rings. The van der Waals surface area contributed by atoms with Gasteiger partial charge in [0, 0.05) is 45.0 Å². The molecule has 0 saturated carbocycles. The summed E-state index contributed by atoms with van der Waals surface area (Å²) in [4.78, 5) is 28.8. The third-order valence-electron chi connectivity index (χ3n) is 5.40. The molecule has 1 saturated heterocycles. The molecule has 168 valence electrons. The standard InChI is InChI=1S/C23H32N4O4/c1-17(2)15-24-22(28)23(29)25-16-20(21-5-4-14-31-21)27-12-10-26(11-13-27)18-6-8-19(30-3)9-7-18/h4-9,14,17,20H,10-13,15-16H2,1-3H3,(H,24,28)(H,25,29)/t20-/m0/s1. The van der Waals surface area contributed by atoms with Gasteiger partial charge in [-0.3, -0.25) is 14.5 Å². The number of benzene rings is 1. The molecule has 31 heavy (non-hydrogen) atoms. The lowest BCUT2D eigenvalue weighted by atomic mass is 10.1. The minimum absolute atomic E-state index is 0.130. The molecule has 2 N–H and O–H groups in total. The SMILES string of the molecule is COc1ccc(N2CCN([C@@H](CNC(=O)C(=O)NCC(C)C)c3ccco3)CC2)cc1. The van der Waals surface area contributed by atoms with Gasteiger partial charge in [-0.05, 0) is 42.3 Å². The van der Waals surface area contributed by atoms with Crippen molar-refractivity contribution < 1.29 is 18.7 Å². The first-order valence-electron chi connectivity index (χ1n) is 10.7. The summed E-state index contributed by atoms with van der Waals surface area (Å²) in [6.45, 7) is 8.08. The molecule has 1 atom stereocenters. The van der Waals surface area contributed by atoms with Gasteiger partial charge >= 0.3 is 11.8 Å². The van der Waals surface area contributed by atoms with E-state index in [0.29, 0.717) is 13.1 Å². The molecule has 8 heteroatoms. The third kappa shape index (κ3) is 6.24. The van der Waals surface area contributed by atoms with E-state index >= 15 is 0 Å². The molecule has 1 aliphatic heterocycles. The molecule has 2 amide bonds. The summed E-state index contributed by atoms with van der Waals surface area (Å²) < 4.78 is 10.9. The van der Waals surface area contributed by atoms with Gasteiger partial charge in [-0.15, -0.1) is 0 Å². The summed E-state index contributed by atoms with van der Waals surface area (Å²) in [5, 5.41) is 5.42. The molecule has 0 spiro atoms. The Labute approximate surface area is 183 Å². The molecule has 1 aromatic carbocycles. The van der Waals surface area contributed by atoms with E-state index in [1.165, 1.54) is 0 Å². The van der Waals surface area contributed by atoms with Crippen LogP contribution in [-0.4, -0.2) is 63.1 Å². The Morgan fingerprint density at radius 1 is 1.00 bits per heavy atom. The van der Waals surface area contributed by atoms with Gasteiger partial charge in [0.1, 0.15) is 11.5 Å². The number of amides is 2. The molecule has 2 heterocycles. The molecule has 3 rings (SSSR count). The number of ether oxygens (including phenoxy) is 1. The molecule has 0 unspecified atom stereocenters. The number of hydrogen-bond donors (Lipinski definition) is 2. The highest BCUT2D eigenvalue weighted by molar-refractivity contribution is 6.35. The number of carbonyl (C=O) groups excluding carboxylic acids is 2. The lowest BCUT2D eigenvalue weighted by Gasteiger charge is -2.39. The fraction of sp³-hybridized carbons (Fsp3) is 0.478. The minimum atomic E-state index is -0.617. The van der Waals surface area contributed by atoms with Crippen LogP contribution in [0.4, 0.5) is 5.69 Å². The number of rotatable bonds is 8. The van der Waals surface area contributed by atoms with Crippen LogP contribution in [0.3, 0.4) is 0 Å². The van der Waals surface area contributed by atoms with Gasteiger partial charge in [-0.1, -0.05) is 13.8 Å². The van der Waals surface area contributed by atoms with E-state index in [-0.39, 0.29) is 12.0 Å². The maximum absolute atomic E-state index is 12.2. The number of nitrogens with zero attached hydrogens (tertiary/aromatic N) is 2. The van der Waals surface area contributed by atoms with Gasteiger partial charge in [0.25, 0.3) is 0 Å². The van der Waals surface area contributed by atoms with Crippen molar-refractivity contribution in [2.24, 2.45) is 5.92 Å². The molecule has 0 radical (unpaired) electrons. The largest absolute Gasteiger partial charge is 0.497 e. The number of methoxy groups -OCH3 is 1. The first kappa shape index (κ1) is 22.7. The topological polar surface area (TPSA) is 87.0 Å². The Morgan fingerprint density at radius 2 is 1.65 bits per heavy atom. The molecule has 0 aliphatic carbocycles. The molecule has 2 aromatic rings.